The summed E-state index contributed by atoms with van der Waals surface area (Å²) in [5.74, 6) is 0.482. The van der Waals surface area contributed by atoms with E-state index in [1.807, 2.05) is 13.0 Å². The molecule has 0 saturated carbocycles. The summed E-state index contributed by atoms with van der Waals surface area (Å²) in [6.07, 6.45) is 3.37. The lowest BCUT2D eigenvalue weighted by atomic mass is 10.1. The van der Waals surface area contributed by atoms with Crippen LogP contribution in [0.4, 0.5) is 5.69 Å². The zero-order valence-electron chi connectivity index (χ0n) is 10.0. The molecule has 0 fully saturated rings. The second-order valence-corrected chi connectivity index (χ2v) is 4.42. The summed E-state index contributed by atoms with van der Waals surface area (Å²) >= 11 is 6.04. The van der Waals surface area contributed by atoms with Gasteiger partial charge in [-0.05, 0) is 18.9 Å². The minimum atomic E-state index is 0.264. The molecule has 1 unspecified atom stereocenters. The van der Waals surface area contributed by atoms with Crippen LogP contribution in [0.3, 0.4) is 0 Å². The fourth-order valence-electron chi connectivity index (χ4n) is 1.34. The molecule has 0 aliphatic rings. The Hall–Kier alpha value is -0.800. The molecular weight excluding hydrogens is 224 g/mol. The summed E-state index contributed by atoms with van der Waals surface area (Å²) in [5.41, 5.74) is 0.912. The molecule has 1 rings (SSSR count). The fraction of sp³-hybridized carbons (Fsp3) is 0.583. The predicted octanol–water partition coefficient (Wildman–Crippen LogP) is 3.21. The number of nitrogens with one attached hydrogen (secondary N) is 1. The normalized spacial score (nSPS) is 12.8. The van der Waals surface area contributed by atoms with E-state index in [4.69, 9.17) is 16.3 Å². The van der Waals surface area contributed by atoms with E-state index < -0.39 is 0 Å². The lowest BCUT2D eigenvalue weighted by molar-refractivity contribution is 0.127. The highest BCUT2D eigenvalue weighted by molar-refractivity contribution is 6.33. The van der Waals surface area contributed by atoms with E-state index in [1.165, 1.54) is 0 Å². The van der Waals surface area contributed by atoms with E-state index in [0.717, 1.165) is 12.3 Å². The zero-order valence-corrected chi connectivity index (χ0v) is 10.8. The predicted molar refractivity (Wildman–Crippen MR) is 68.0 cm³/mol. The number of aromatic nitrogens is 1. The van der Waals surface area contributed by atoms with Crippen LogP contribution < -0.4 is 5.32 Å². The third-order valence-corrected chi connectivity index (χ3v) is 2.72. The molecule has 16 heavy (non-hydrogen) atoms. The Kier molecular flexibility index (Phi) is 5.56. The molecule has 4 heteroatoms. The van der Waals surface area contributed by atoms with Crippen LogP contribution in [0.5, 0.6) is 0 Å². The van der Waals surface area contributed by atoms with Gasteiger partial charge in [-0.2, -0.15) is 0 Å². The first-order valence-corrected chi connectivity index (χ1v) is 5.96. The van der Waals surface area contributed by atoms with Crippen LogP contribution in [0, 0.1) is 5.92 Å². The molecule has 1 aromatic rings. The van der Waals surface area contributed by atoms with Crippen molar-refractivity contribution in [2.75, 3.05) is 18.5 Å². The number of anilines is 1. The molecular formula is C12H19ClN2O. The number of nitrogens with zero attached hydrogens (tertiary/aromatic N) is 1. The van der Waals surface area contributed by atoms with Gasteiger partial charge in [0, 0.05) is 19.0 Å². The van der Waals surface area contributed by atoms with Gasteiger partial charge in [0.1, 0.15) is 0 Å². The molecule has 0 spiro atoms. The maximum atomic E-state index is 6.04. The molecule has 0 radical (unpaired) electrons. The van der Waals surface area contributed by atoms with Crippen molar-refractivity contribution in [3.63, 3.8) is 0 Å². The Morgan fingerprint density at radius 3 is 2.81 bits per heavy atom. The molecule has 1 N–H and O–H groups in total. The Labute approximate surface area is 102 Å². The Morgan fingerprint density at radius 2 is 2.25 bits per heavy atom. The summed E-state index contributed by atoms with van der Waals surface area (Å²) in [6, 6.07) is 2.14. The molecule has 0 aliphatic carbocycles. The average molecular weight is 243 g/mol. The second kappa shape index (κ2) is 6.71. The lowest BCUT2D eigenvalue weighted by Crippen LogP contribution is -2.31. The van der Waals surface area contributed by atoms with Gasteiger partial charge >= 0.3 is 0 Å². The van der Waals surface area contributed by atoms with Crippen molar-refractivity contribution in [2.45, 2.75) is 26.8 Å². The van der Waals surface area contributed by atoms with Crippen molar-refractivity contribution < 1.29 is 4.74 Å². The topological polar surface area (TPSA) is 34.1 Å². The SMILES string of the molecule is CCOCC(Nc1ccncc1Cl)C(C)C. The van der Waals surface area contributed by atoms with Gasteiger partial charge in [-0.3, -0.25) is 4.98 Å². The number of ether oxygens (including phenoxy) is 1. The zero-order chi connectivity index (χ0) is 12.0. The van der Waals surface area contributed by atoms with Crippen LogP contribution in [0.25, 0.3) is 0 Å². The third-order valence-electron chi connectivity index (χ3n) is 2.42. The van der Waals surface area contributed by atoms with Gasteiger partial charge in [0.2, 0.25) is 0 Å². The highest BCUT2D eigenvalue weighted by atomic mass is 35.5. The Morgan fingerprint density at radius 1 is 1.50 bits per heavy atom. The average Bonchev–Trinajstić information content (AvgIpc) is 2.26. The largest absolute Gasteiger partial charge is 0.380 e. The minimum Gasteiger partial charge on any atom is -0.380 e. The standard InChI is InChI=1S/C12H19ClN2O/c1-4-16-8-12(9(2)3)15-11-5-6-14-7-10(11)13/h5-7,9,12H,4,8H2,1-3H3,(H,14,15). The van der Waals surface area contributed by atoms with Crippen LogP contribution in [-0.4, -0.2) is 24.2 Å². The van der Waals surface area contributed by atoms with E-state index in [9.17, 15) is 0 Å². The molecule has 1 aromatic heterocycles. The molecule has 3 nitrogen and oxygen atoms in total. The summed E-state index contributed by atoms with van der Waals surface area (Å²) in [7, 11) is 0. The summed E-state index contributed by atoms with van der Waals surface area (Å²) in [4.78, 5) is 3.96. The van der Waals surface area contributed by atoms with Gasteiger partial charge in [0.05, 0.1) is 23.4 Å². The van der Waals surface area contributed by atoms with Crippen LogP contribution in [-0.2, 0) is 4.74 Å². The van der Waals surface area contributed by atoms with Crippen molar-refractivity contribution in [3.05, 3.63) is 23.5 Å². The molecule has 0 aromatic carbocycles. The Bertz CT molecular complexity index is 318. The molecule has 0 saturated heterocycles. The van der Waals surface area contributed by atoms with Crippen molar-refractivity contribution in [3.8, 4) is 0 Å². The minimum absolute atomic E-state index is 0.264. The van der Waals surface area contributed by atoms with Gasteiger partial charge in [-0.15, -0.1) is 0 Å². The number of pyridine rings is 1. The number of hydrogen-bond donors (Lipinski definition) is 1. The van der Waals surface area contributed by atoms with Crippen LogP contribution in [0.15, 0.2) is 18.5 Å². The number of hydrogen-bond acceptors (Lipinski definition) is 3. The number of rotatable bonds is 6. The lowest BCUT2D eigenvalue weighted by Gasteiger charge is -2.23. The maximum absolute atomic E-state index is 6.04. The first-order chi connectivity index (χ1) is 7.65. The molecule has 1 heterocycles. The molecule has 0 amide bonds. The van der Waals surface area contributed by atoms with Gasteiger partial charge in [0.25, 0.3) is 0 Å². The van der Waals surface area contributed by atoms with Crippen molar-refractivity contribution in [1.82, 2.24) is 4.98 Å². The van der Waals surface area contributed by atoms with E-state index in [-0.39, 0.29) is 6.04 Å². The van der Waals surface area contributed by atoms with Crippen LogP contribution >= 0.6 is 11.6 Å². The fourth-order valence-corrected chi connectivity index (χ4v) is 1.51. The van der Waals surface area contributed by atoms with E-state index in [0.29, 0.717) is 17.5 Å². The van der Waals surface area contributed by atoms with E-state index in [2.05, 4.69) is 24.1 Å². The summed E-state index contributed by atoms with van der Waals surface area (Å²) < 4.78 is 5.45. The monoisotopic (exact) mass is 242 g/mol. The van der Waals surface area contributed by atoms with Crippen molar-refractivity contribution in [1.29, 1.82) is 0 Å². The molecule has 0 bridgehead atoms. The van der Waals surface area contributed by atoms with E-state index >= 15 is 0 Å². The Balaban J connectivity index is 2.64. The highest BCUT2D eigenvalue weighted by Crippen LogP contribution is 2.21. The number of halogens is 1. The van der Waals surface area contributed by atoms with Gasteiger partial charge < -0.3 is 10.1 Å². The van der Waals surface area contributed by atoms with Crippen molar-refractivity contribution >= 4 is 17.3 Å². The van der Waals surface area contributed by atoms with Gasteiger partial charge in [0.15, 0.2) is 0 Å². The van der Waals surface area contributed by atoms with Crippen molar-refractivity contribution in [2.24, 2.45) is 5.92 Å². The third kappa shape index (κ3) is 3.99. The van der Waals surface area contributed by atoms with Crippen LogP contribution in [0.1, 0.15) is 20.8 Å². The smallest absolute Gasteiger partial charge is 0.0820 e. The molecule has 90 valence electrons. The molecule has 0 aliphatic heterocycles. The summed E-state index contributed by atoms with van der Waals surface area (Å²) in [5, 5.41) is 4.03. The van der Waals surface area contributed by atoms with E-state index in [1.54, 1.807) is 12.4 Å². The summed E-state index contributed by atoms with van der Waals surface area (Å²) in [6.45, 7) is 7.73. The van der Waals surface area contributed by atoms with Gasteiger partial charge in [-0.1, -0.05) is 25.4 Å². The molecule has 1 atom stereocenters. The van der Waals surface area contributed by atoms with Crippen LogP contribution in [0.2, 0.25) is 5.02 Å². The quantitative estimate of drug-likeness (QED) is 0.832. The second-order valence-electron chi connectivity index (χ2n) is 4.01. The maximum Gasteiger partial charge on any atom is 0.0820 e. The first kappa shape index (κ1) is 13.3. The highest BCUT2D eigenvalue weighted by Gasteiger charge is 2.14. The van der Waals surface area contributed by atoms with Gasteiger partial charge in [-0.25, -0.2) is 0 Å². The first-order valence-electron chi connectivity index (χ1n) is 5.59.